The van der Waals surface area contributed by atoms with Crippen molar-refractivity contribution in [1.82, 2.24) is 15.2 Å². The molecular formula is C64H67N3O8. The van der Waals surface area contributed by atoms with Crippen molar-refractivity contribution < 1.29 is 39.4 Å². The summed E-state index contributed by atoms with van der Waals surface area (Å²) in [6.07, 6.45) is 18.0. The molecule has 1 saturated heterocycles. The number of rotatable bonds is 9. The number of phenolic OH excluding ortho intramolecular Hbond substituents is 3. The highest BCUT2D eigenvalue weighted by Crippen LogP contribution is 2.52. The number of ether oxygens (including phenoxy) is 4. The van der Waals surface area contributed by atoms with Crippen LogP contribution in [0.1, 0.15) is 95.0 Å². The molecule has 7 atom stereocenters. The van der Waals surface area contributed by atoms with Crippen LogP contribution in [0.2, 0.25) is 0 Å². The Balaban J connectivity index is 0.976. The van der Waals surface area contributed by atoms with E-state index < -0.39 is 6.10 Å². The SMILES string of the molecule is COCNC1C=C2C#CC(CCc3ccc(O)c(Cc4cccc(O)c4)c3)CCCC3CC(O)C4C=Cc5c(ccc(O)c5OCc5cc(C67CCOCC6CCc6ccccc67)cc6cn(cc56)C(=C2CO3)N1)C4. The second-order valence-electron chi connectivity index (χ2n) is 21.6. The van der Waals surface area contributed by atoms with Gasteiger partial charge in [0.05, 0.1) is 32.2 Å². The van der Waals surface area contributed by atoms with Gasteiger partial charge in [-0.3, -0.25) is 5.32 Å². The van der Waals surface area contributed by atoms with Gasteiger partial charge in [-0.15, -0.1) is 0 Å². The van der Waals surface area contributed by atoms with Crippen molar-refractivity contribution in [2.45, 2.75) is 101 Å². The second-order valence-corrected chi connectivity index (χ2v) is 21.6. The van der Waals surface area contributed by atoms with Gasteiger partial charge >= 0.3 is 0 Å². The zero-order chi connectivity index (χ0) is 51.0. The minimum Gasteiger partial charge on any atom is -0.508 e. The van der Waals surface area contributed by atoms with Crippen LogP contribution < -0.4 is 15.4 Å². The summed E-state index contributed by atoms with van der Waals surface area (Å²) in [6, 6.07) is 30.5. The van der Waals surface area contributed by atoms with Crippen LogP contribution in [0.15, 0.2) is 127 Å². The summed E-state index contributed by atoms with van der Waals surface area (Å²) in [5, 5.41) is 54.1. The van der Waals surface area contributed by atoms with Gasteiger partial charge in [0, 0.05) is 83.7 Å². The molecule has 6 heterocycles. The molecule has 11 heteroatoms. The predicted molar refractivity (Wildman–Crippen MR) is 291 cm³/mol. The number of aliphatic hydroxyl groups excluding tert-OH is 1. The molecule has 5 aliphatic heterocycles. The minimum absolute atomic E-state index is 0.0568. The lowest BCUT2D eigenvalue weighted by molar-refractivity contribution is 0.00497. The van der Waals surface area contributed by atoms with Gasteiger partial charge in [0.2, 0.25) is 0 Å². The number of benzene rings is 5. The number of dihydropyridines is 1. The van der Waals surface area contributed by atoms with Crippen LogP contribution >= 0.6 is 0 Å². The van der Waals surface area contributed by atoms with Crippen molar-refractivity contribution in [1.29, 1.82) is 0 Å². The number of hydrogen-bond acceptors (Lipinski definition) is 10. The number of methoxy groups -OCH3 is 1. The second kappa shape index (κ2) is 21.1. The van der Waals surface area contributed by atoms with E-state index in [4.69, 9.17) is 18.9 Å². The lowest BCUT2D eigenvalue weighted by Gasteiger charge is -2.49. The van der Waals surface area contributed by atoms with Crippen LogP contribution in [0, 0.1) is 29.6 Å². The van der Waals surface area contributed by atoms with Gasteiger partial charge in [0.25, 0.3) is 0 Å². The highest BCUT2D eigenvalue weighted by Gasteiger charge is 2.48. The Kier molecular flexibility index (Phi) is 13.8. The van der Waals surface area contributed by atoms with E-state index in [-0.39, 0.29) is 60.0 Å². The fourth-order valence-corrected chi connectivity index (χ4v) is 13.0. The number of aromatic hydroxyl groups is 3. The standard InChI is InChI=1S/C64H67N3O8/c1-72-39-65-61-32-45-16-14-40(12-13-41-15-22-58(69)47(26-41)27-42-7-4-9-52(68)28-42)6-5-10-53-33-60(71)46-18-21-54-44(29-46)19-23-59(70)62(54)75-36-49-31-51(30-48-34-67(35-55(48)49)63(66-61)56(45)38-74-53)64-24-25-73-37-50(64)20-17-43-8-2-3-11-57(43)64/h2-4,7-9,11,15,18-19,21-23,26,28,30-32,34-35,40,46,50,53,60-61,65-66,68-71H,5-6,10,12-13,17,20,24-25,27,29,33,36-39H2,1H3. The van der Waals surface area contributed by atoms with Gasteiger partial charge in [-0.05, 0) is 145 Å². The third-order valence-corrected chi connectivity index (χ3v) is 17.0. The van der Waals surface area contributed by atoms with Crippen LogP contribution in [0.25, 0.3) is 22.7 Å². The van der Waals surface area contributed by atoms with Gasteiger partial charge in [0.1, 0.15) is 30.1 Å². The van der Waals surface area contributed by atoms with Crippen molar-refractivity contribution in [3.63, 3.8) is 0 Å². The number of aliphatic hydroxyl groups is 1. The first-order valence-electron chi connectivity index (χ1n) is 27.0. The average Bonchev–Trinajstić information content (AvgIpc) is 3.86. The Morgan fingerprint density at radius 2 is 1.80 bits per heavy atom. The first-order valence-corrected chi connectivity index (χ1v) is 27.0. The molecule has 0 amide bonds. The fourth-order valence-electron chi connectivity index (χ4n) is 13.0. The monoisotopic (exact) mass is 1010 g/mol. The summed E-state index contributed by atoms with van der Waals surface area (Å²) in [5.41, 5.74) is 11.3. The van der Waals surface area contributed by atoms with Crippen LogP contribution in [0.4, 0.5) is 0 Å². The number of aromatic nitrogens is 1. The normalized spacial score (nSPS) is 25.2. The highest BCUT2D eigenvalue weighted by molar-refractivity contribution is 5.89. The maximum atomic E-state index is 12.1. The topological polar surface area (TPSA) is 147 Å². The number of phenols is 3. The summed E-state index contributed by atoms with van der Waals surface area (Å²) in [7, 11) is 1.68. The zero-order valence-electron chi connectivity index (χ0n) is 42.7. The molecule has 386 valence electrons. The van der Waals surface area contributed by atoms with Crippen LogP contribution in [0.5, 0.6) is 23.0 Å². The summed E-state index contributed by atoms with van der Waals surface area (Å²) in [6.45, 7) is 2.20. The predicted octanol–water partition coefficient (Wildman–Crippen LogP) is 10.2. The number of fused-ring (bicyclic) bond motifs is 5. The van der Waals surface area contributed by atoms with Crippen molar-refractivity contribution in [2.75, 3.05) is 33.7 Å². The molecule has 75 heavy (non-hydrogen) atoms. The molecule has 5 aromatic carbocycles. The maximum absolute atomic E-state index is 12.1. The highest BCUT2D eigenvalue weighted by atomic mass is 16.5. The van der Waals surface area contributed by atoms with Gasteiger partial charge < -0.3 is 49.3 Å². The molecule has 1 aromatic heterocycles. The van der Waals surface area contributed by atoms with Gasteiger partial charge in [-0.2, -0.15) is 0 Å². The van der Waals surface area contributed by atoms with Crippen molar-refractivity contribution in [2.24, 2.45) is 17.8 Å². The Morgan fingerprint density at radius 1 is 0.893 bits per heavy atom. The molecule has 11 nitrogen and oxygen atoms in total. The lowest BCUT2D eigenvalue weighted by Crippen LogP contribution is -2.47. The molecule has 2 aliphatic carbocycles. The van der Waals surface area contributed by atoms with Crippen molar-refractivity contribution >= 4 is 22.7 Å². The molecule has 6 aromatic rings. The number of nitrogens with one attached hydrogen (secondary N) is 2. The first kappa shape index (κ1) is 49.1. The van der Waals surface area contributed by atoms with E-state index in [0.29, 0.717) is 50.9 Å². The first-order chi connectivity index (χ1) is 36.7. The van der Waals surface area contributed by atoms with E-state index in [1.807, 2.05) is 30.3 Å². The molecule has 7 aliphatic rings. The average molecular weight is 1010 g/mol. The Hall–Kier alpha value is -6.78. The van der Waals surface area contributed by atoms with E-state index in [1.165, 1.54) is 16.7 Å². The summed E-state index contributed by atoms with van der Waals surface area (Å²) < 4.78 is 27.9. The number of nitrogens with zero attached hydrogens (tertiary/aromatic N) is 1. The van der Waals surface area contributed by atoms with Crippen LogP contribution in [-0.4, -0.2) is 77.0 Å². The van der Waals surface area contributed by atoms with E-state index >= 15 is 0 Å². The molecule has 13 rings (SSSR count). The van der Waals surface area contributed by atoms with Crippen molar-refractivity contribution in [3.05, 3.63) is 177 Å². The molecule has 7 unspecified atom stereocenters. The largest absolute Gasteiger partial charge is 0.508 e. The van der Waals surface area contributed by atoms with Gasteiger partial charge in [-0.25, -0.2) is 0 Å². The van der Waals surface area contributed by atoms with Crippen LogP contribution in [0.3, 0.4) is 0 Å². The van der Waals surface area contributed by atoms with Gasteiger partial charge in [-0.1, -0.05) is 84.7 Å². The third-order valence-electron chi connectivity index (χ3n) is 17.0. The van der Waals surface area contributed by atoms with Gasteiger partial charge in [0.15, 0.2) is 11.5 Å². The lowest BCUT2D eigenvalue weighted by atomic mass is 9.57. The smallest absolute Gasteiger partial charge is 0.168 e. The molecule has 8 bridgehead atoms. The van der Waals surface area contributed by atoms with E-state index in [0.717, 1.165) is 112 Å². The zero-order valence-corrected chi connectivity index (χ0v) is 42.7. The fraction of sp³-hybridized carbons (Fsp3) is 0.375. The Morgan fingerprint density at radius 3 is 2.71 bits per heavy atom. The molecular weight excluding hydrogens is 939 g/mol. The molecule has 0 radical (unpaired) electrons. The number of hydrogen-bond donors (Lipinski definition) is 6. The minimum atomic E-state index is -0.672. The summed E-state index contributed by atoms with van der Waals surface area (Å²) >= 11 is 0. The van der Waals surface area contributed by atoms with Crippen molar-refractivity contribution in [3.8, 4) is 34.8 Å². The number of aryl methyl sites for hydroxylation is 2. The van der Waals surface area contributed by atoms with E-state index in [1.54, 1.807) is 31.4 Å². The molecule has 1 fully saturated rings. The molecule has 6 N–H and O–H groups in total. The summed E-state index contributed by atoms with van der Waals surface area (Å²) in [4.78, 5) is 0. The molecule has 0 spiro atoms. The van der Waals surface area contributed by atoms with Crippen LogP contribution in [-0.2, 0) is 51.9 Å². The molecule has 0 saturated carbocycles. The Labute approximate surface area is 439 Å². The van der Waals surface area contributed by atoms with E-state index in [9.17, 15) is 20.4 Å². The maximum Gasteiger partial charge on any atom is 0.168 e. The summed E-state index contributed by atoms with van der Waals surface area (Å²) in [5.74, 6) is 9.53. The Bertz CT molecular complexity index is 3290. The third kappa shape index (κ3) is 9.87. The quantitative estimate of drug-likeness (QED) is 0.0611. The van der Waals surface area contributed by atoms with E-state index in [2.05, 4.69) is 94.1 Å².